The molecule has 2 fully saturated rings. The minimum atomic E-state index is -4.76. The lowest BCUT2D eigenvalue weighted by atomic mass is 9.81. The monoisotopic (exact) mass is 329 g/mol. The van der Waals surface area contributed by atoms with Crippen molar-refractivity contribution in [2.45, 2.75) is 31.3 Å². The van der Waals surface area contributed by atoms with Crippen LogP contribution in [-0.4, -0.2) is 49.4 Å². The average Bonchev–Trinajstić information content (AvgIpc) is 2.44. The number of carbonyl (C=O) groups is 1. The smallest absolute Gasteiger partial charge is 0.406 e. The van der Waals surface area contributed by atoms with E-state index < -0.39 is 6.36 Å². The molecule has 7 heteroatoms. The Labute approximate surface area is 132 Å². The molecule has 0 radical (unpaired) electrons. The molecule has 0 N–H and O–H groups in total. The molecule has 3 rings (SSSR count). The maximum atomic E-state index is 12.7. The van der Waals surface area contributed by atoms with Crippen LogP contribution < -0.4 is 4.74 Å². The van der Waals surface area contributed by atoms with Gasteiger partial charge in [0.15, 0.2) is 5.78 Å². The lowest BCUT2D eigenvalue weighted by molar-refractivity contribution is -0.274. The van der Waals surface area contributed by atoms with Gasteiger partial charge in [0.05, 0.1) is 13.2 Å². The van der Waals surface area contributed by atoms with Crippen LogP contribution >= 0.6 is 0 Å². The van der Waals surface area contributed by atoms with Gasteiger partial charge in [0.1, 0.15) is 5.75 Å². The van der Waals surface area contributed by atoms with Crippen molar-refractivity contribution in [3.05, 3.63) is 29.8 Å². The number of rotatable bonds is 3. The number of morpholine rings is 1. The molecule has 2 aliphatic rings. The fourth-order valence-electron chi connectivity index (χ4n) is 3.39. The first-order valence-electron chi connectivity index (χ1n) is 7.53. The van der Waals surface area contributed by atoms with E-state index in [0.717, 1.165) is 0 Å². The summed E-state index contributed by atoms with van der Waals surface area (Å²) in [5.41, 5.74) is 0.264. The van der Waals surface area contributed by atoms with Gasteiger partial charge in [-0.05, 0) is 32.0 Å². The van der Waals surface area contributed by atoms with E-state index in [4.69, 9.17) is 4.74 Å². The van der Waals surface area contributed by atoms with Crippen LogP contribution in [0.5, 0.6) is 5.75 Å². The number of hydrogen-bond donors (Lipinski definition) is 0. The number of benzene rings is 1. The molecule has 0 amide bonds. The van der Waals surface area contributed by atoms with Gasteiger partial charge >= 0.3 is 6.36 Å². The van der Waals surface area contributed by atoms with Gasteiger partial charge < -0.3 is 9.47 Å². The second-order valence-corrected chi connectivity index (χ2v) is 6.12. The Kier molecular flexibility index (Phi) is 4.33. The van der Waals surface area contributed by atoms with Gasteiger partial charge in [-0.25, -0.2) is 0 Å². The first-order valence-corrected chi connectivity index (χ1v) is 7.53. The Morgan fingerprint density at radius 3 is 2.52 bits per heavy atom. The van der Waals surface area contributed by atoms with E-state index in [-0.39, 0.29) is 35.1 Å². The van der Waals surface area contributed by atoms with Crippen LogP contribution in [0.3, 0.4) is 0 Å². The second kappa shape index (κ2) is 6.13. The summed E-state index contributed by atoms with van der Waals surface area (Å²) in [6, 6.07) is 5.68. The number of carbonyl (C=O) groups excluding carboxylic acids is 1. The molecule has 4 nitrogen and oxygen atoms in total. The van der Waals surface area contributed by atoms with Crippen molar-refractivity contribution in [3.63, 3.8) is 0 Å². The Bertz CT molecular complexity index is 576. The van der Waals surface area contributed by atoms with E-state index in [9.17, 15) is 18.0 Å². The molecule has 23 heavy (non-hydrogen) atoms. The molecule has 1 aromatic rings. The van der Waals surface area contributed by atoms with Gasteiger partial charge in [-0.15, -0.1) is 13.2 Å². The largest absolute Gasteiger partial charge is 0.573 e. The highest BCUT2D eigenvalue weighted by atomic mass is 19.4. The van der Waals surface area contributed by atoms with Crippen molar-refractivity contribution >= 4 is 5.78 Å². The molecule has 2 heterocycles. The predicted molar refractivity (Wildman–Crippen MR) is 76.3 cm³/mol. The van der Waals surface area contributed by atoms with Gasteiger partial charge in [-0.1, -0.05) is 12.1 Å². The Morgan fingerprint density at radius 2 is 1.91 bits per heavy atom. The molecule has 126 valence electrons. The van der Waals surface area contributed by atoms with Crippen LogP contribution in [0.4, 0.5) is 13.2 Å². The molecule has 2 atom stereocenters. The Hall–Kier alpha value is -1.60. The normalized spacial score (nSPS) is 28.4. The third-order valence-corrected chi connectivity index (χ3v) is 4.61. The van der Waals surface area contributed by atoms with Crippen molar-refractivity contribution in [3.8, 4) is 5.75 Å². The quantitative estimate of drug-likeness (QED) is 0.800. The zero-order valence-corrected chi connectivity index (χ0v) is 12.7. The van der Waals surface area contributed by atoms with Crippen molar-refractivity contribution in [1.82, 2.24) is 4.90 Å². The zero-order valence-electron chi connectivity index (χ0n) is 12.7. The first kappa shape index (κ1) is 16.3. The number of halogens is 3. The summed E-state index contributed by atoms with van der Waals surface area (Å²) in [7, 11) is 2.02. The van der Waals surface area contributed by atoms with Gasteiger partial charge in [0, 0.05) is 23.6 Å². The summed E-state index contributed by atoms with van der Waals surface area (Å²) < 4.78 is 46.3. The molecule has 2 bridgehead atoms. The predicted octanol–water partition coefficient (Wildman–Crippen LogP) is 2.88. The van der Waals surface area contributed by atoms with Crippen LogP contribution in [-0.2, 0) is 4.74 Å². The molecule has 0 aromatic heterocycles. The first-order chi connectivity index (χ1) is 10.8. The lowest BCUT2D eigenvalue weighted by Crippen LogP contribution is -2.55. The number of nitrogens with zero attached hydrogens (tertiary/aromatic N) is 1. The zero-order chi connectivity index (χ0) is 16.6. The molecule has 2 saturated heterocycles. The van der Waals surface area contributed by atoms with Crippen molar-refractivity contribution in [2.75, 3.05) is 20.3 Å². The summed E-state index contributed by atoms with van der Waals surface area (Å²) >= 11 is 0. The van der Waals surface area contributed by atoms with E-state index in [1.165, 1.54) is 24.3 Å². The van der Waals surface area contributed by atoms with Gasteiger partial charge in [-0.2, -0.15) is 0 Å². The van der Waals surface area contributed by atoms with Crippen molar-refractivity contribution in [2.24, 2.45) is 5.92 Å². The second-order valence-electron chi connectivity index (χ2n) is 6.12. The Balaban J connectivity index is 1.74. The molecule has 0 saturated carbocycles. The SMILES string of the molecule is CN1C2COCC1CC(C(=O)c1cccc(OC(F)(F)F)c1)C2. The third kappa shape index (κ3) is 3.67. The third-order valence-electron chi connectivity index (χ3n) is 4.61. The number of alkyl halides is 3. The summed E-state index contributed by atoms with van der Waals surface area (Å²) in [6.45, 7) is 1.18. The number of hydrogen-bond acceptors (Lipinski definition) is 4. The van der Waals surface area contributed by atoms with E-state index >= 15 is 0 Å². The van der Waals surface area contributed by atoms with Crippen LogP contribution in [0.1, 0.15) is 23.2 Å². The molecule has 0 spiro atoms. The topological polar surface area (TPSA) is 38.8 Å². The molecular formula is C16H18F3NO3. The highest BCUT2D eigenvalue weighted by Crippen LogP contribution is 2.33. The Morgan fingerprint density at radius 1 is 1.26 bits per heavy atom. The van der Waals surface area contributed by atoms with Crippen molar-refractivity contribution < 1.29 is 27.4 Å². The molecule has 0 aliphatic carbocycles. The van der Waals surface area contributed by atoms with Crippen LogP contribution in [0.25, 0.3) is 0 Å². The summed E-state index contributed by atoms with van der Waals surface area (Å²) in [5, 5.41) is 0. The van der Waals surface area contributed by atoms with Crippen LogP contribution in [0.2, 0.25) is 0 Å². The summed E-state index contributed by atoms with van der Waals surface area (Å²) in [5.74, 6) is -0.673. The summed E-state index contributed by atoms with van der Waals surface area (Å²) in [6.07, 6.45) is -3.43. The van der Waals surface area contributed by atoms with E-state index in [2.05, 4.69) is 9.64 Å². The van der Waals surface area contributed by atoms with Gasteiger partial charge in [0.25, 0.3) is 0 Å². The van der Waals surface area contributed by atoms with E-state index in [1.807, 2.05) is 7.05 Å². The minimum Gasteiger partial charge on any atom is -0.406 e. The molecular weight excluding hydrogens is 311 g/mol. The van der Waals surface area contributed by atoms with Crippen LogP contribution in [0.15, 0.2) is 24.3 Å². The molecule has 2 aliphatic heterocycles. The standard InChI is InChI=1S/C16H18F3NO3/c1-20-12-5-11(6-13(20)9-22-8-12)15(21)10-3-2-4-14(7-10)23-16(17,18)19/h2-4,7,11-13H,5-6,8-9H2,1H3. The number of ether oxygens (including phenoxy) is 2. The van der Waals surface area contributed by atoms with E-state index in [0.29, 0.717) is 26.1 Å². The average molecular weight is 329 g/mol. The lowest BCUT2D eigenvalue weighted by Gasteiger charge is -2.46. The number of likely N-dealkylation sites (N-methyl/N-ethyl adjacent to an activating group) is 1. The maximum absolute atomic E-state index is 12.7. The molecule has 1 aromatic carbocycles. The fourth-order valence-corrected chi connectivity index (χ4v) is 3.39. The van der Waals surface area contributed by atoms with E-state index in [1.54, 1.807) is 0 Å². The fraction of sp³-hybridized carbons (Fsp3) is 0.562. The highest BCUT2D eigenvalue weighted by molar-refractivity contribution is 5.98. The highest BCUT2D eigenvalue weighted by Gasteiger charge is 2.39. The van der Waals surface area contributed by atoms with Crippen LogP contribution in [0, 0.1) is 5.92 Å². The maximum Gasteiger partial charge on any atom is 0.573 e. The van der Waals surface area contributed by atoms with Crippen molar-refractivity contribution in [1.29, 1.82) is 0 Å². The van der Waals surface area contributed by atoms with Gasteiger partial charge in [-0.3, -0.25) is 9.69 Å². The number of Topliss-reactive ketones (excluding diaryl/α,β-unsaturated/α-hetero) is 1. The number of fused-ring (bicyclic) bond motifs is 2. The van der Waals surface area contributed by atoms with Gasteiger partial charge in [0.2, 0.25) is 0 Å². The molecule has 2 unspecified atom stereocenters. The minimum absolute atomic E-state index is 0.123. The summed E-state index contributed by atoms with van der Waals surface area (Å²) in [4.78, 5) is 14.9. The number of ketones is 1. The number of piperidine rings is 1.